The van der Waals surface area contributed by atoms with E-state index in [1.165, 1.54) is 0 Å². The molecule has 0 fully saturated rings. The second-order valence-corrected chi connectivity index (χ2v) is 5.89. The first-order valence-electron chi connectivity index (χ1n) is 7.56. The molecule has 0 aliphatic rings. The number of hydrogen-bond donors (Lipinski definition) is 1. The molecule has 5 nitrogen and oxygen atoms in total. The third kappa shape index (κ3) is 3.54. The van der Waals surface area contributed by atoms with Crippen molar-refractivity contribution in [1.82, 2.24) is 19.5 Å². The first-order chi connectivity index (χ1) is 12.0. The zero-order valence-corrected chi connectivity index (χ0v) is 14.7. The van der Waals surface area contributed by atoms with Gasteiger partial charge in [0.25, 0.3) is 0 Å². The second-order valence-electron chi connectivity index (χ2n) is 5.51. The van der Waals surface area contributed by atoms with Gasteiger partial charge in [-0.3, -0.25) is 9.55 Å². The number of aromatic nitrogens is 4. The molecule has 0 saturated carbocycles. The highest BCUT2D eigenvalue weighted by atomic mass is 35.5. The Bertz CT molecular complexity index is 1010. The number of pyridine rings is 2. The van der Waals surface area contributed by atoms with Crippen molar-refractivity contribution in [3.8, 4) is 17.5 Å². The van der Waals surface area contributed by atoms with Crippen molar-refractivity contribution in [2.24, 2.45) is 5.73 Å². The van der Waals surface area contributed by atoms with Crippen LogP contribution < -0.4 is 5.73 Å². The van der Waals surface area contributed by atoms with E-state index in [-0.39, 0.29) is 0 Å². The minimum Gasteiger partial charge on any atom is -0.396 e. The molecule has 0 bridgehead atoms. The summed E-state index contributed by atoms with van der Waals surface area (Å²) < 4.78 is 1.90. The van der Waals surface area contributed by atoms with Crippen LogP contribution >= 0.6 is 11.6 Å². The van der Waals surface area contributed by atoms with E-state index in [1.807, 2.05) is 30.5 Å². The molecule has 0 atom stereocenters. The summed E-state index contributed by atoms with van der Waals surface area (Å²) in [5, 5.41) is 0.399. The average molecular weight is 350 g/mol. The van der Waals surface area contributed by atoms with E-state index in [0.29, 0.717) is 22.4 Å². The SMILES string of the molecule is C=C(N)c1nc(C#Cc2ccnc(Cl)c2)c(C)n1-c1ccc(C)nc1. The van der Waals surface area contributed by atoms with Crippen molar-refractivity contribution in [1.29, 1.82) is 0 Å². The van der Waals surface area contributed by atoms with E-state index in [0.717, 1.165) is 22.6 Å². The van der Waals surface area contributed by atoms with Crippen molar-refractivity contribution >= 4 is 17.3 Å². The molecule has 3 aromatic rings. The summed E-state index contributed by atoms with van der Waals surface area (Å²) in [6.45, 7) is 7.68. The van der Waals surface area contributed by atoms with Gasteiger partial charge in [0.1, 0.15) is 10.8 Å². The highest BCUT2D eigenvalue weighted by Crippen LogP contribution is 2.20. The summed E-state index contributed by atoms with van der Waals surface area (Å²) in [6, 6.07) is 7.39. The predicted molar refractivity (Wildman–Crippen MR) is 99.3 cm³/mol. The van der Waals surface area contributed by atoms with E-state index in [9.17, 15) is 0 Å². The molecule has 0 unspecified atom stereocenters. The lowest BCUT2D eigenvalue weighted by Crippen LogP contribution is -2.06. The molecule has 3 aromatic heterocycles. The Morgan fingerprint density at radius 2 is 2.00 bits per heavy atom. The van der Waals surface area contributed by atoms with Gasteiger partial charge in [0.2, 0.25) is 0 Å². The number of halogens is 1. The van der Waals surface area contributed by atoms with Gasteiger partial charge in [0.15, 0.2) is 5.82 Å². The number of imidazole rings is 1. The van der Waals surface area contributed by atoms with Crippen LogP contribution in [0.1, 0.15) is 28.5 Å². The summed E-state index contributed by atoms with van der Waals surface area (Å²) in [5.41, 5.74) is 10.3. The summed E-state index contributed by atoms with van der Waals surface area (Å²) >= 11 is 5.89. The van der Waals surface area contributed by atoms with Gasteiger partial charge in [-0.25, -0.2) is 9.97 Å². The van der Waals surface area contributed by atoms with E-state index in [2.05, 4.69) is 33.4 Å². The minimum atomic E-state index is 0.365. The first-order valence-corrected chi connectivity index (χ1v) is 7.94. The van der Waals surface area contributed by atoms with Crippen LogP contribution in [0.3, 0.4) is 0 Å². The van der Waals surface area contributed by atoms with Crippen LogP contribution in [0.15, 0.2) is 43.2 Å². The predicted octanol–water partition coefficient (Wildman–Crippen LogP) is 3.26. The van der Waals surface area contributed by atoms with Gasteiger partial charge in [-0.2, -0.15) is 0 Å². The molecular formula is C19H16ClN5. The second kappa shape index (κ2) is 6.80. The van der Waals surface area contributed by atoms with Crippen molar-refractivity contribution in [3.05, 3.63) is 76.9 Å². The van der Waals surface area contributed by atoms with E-state index < -0.39 is 0 Å². The number of rotatable bonds is 2. The van der Waals surface area contributed by atoms with Gasteiger partial charge in [0, 0.05) is 17.5 Å². The fourth-order valence-corrected chi connectivity index (χ4v) is 2.53. The fraction of sp³-hybridized carbons (Fsp3) is 0.105. The molecular weight excluding hydrogens is 334 g/mol. The molecule has 25 heavy (non-hydrogen) atoms. The van der Waals surface area contributed by atoms with Crippen LogP contribution in [0.4, 0.5) is 0 Å². The van der Waals surface area contributed by atoms with E-state index in [4.69, 9.17) is 17.3 Å². The largest absolute Gasteiger partial charge is 0.396 e. The smallest absolute Gasteiger partial charge is 0.161 e. The summed E-state index contributed by atoms with van der Waals surface area (Å²) in [4.78, 5) is 12.8. The van der Waals surface area contributed by atoms with E-state index in [1.54, 1.807) is 24.5 Å². The van der Waals surface area contributed by atoms with Crippen LogP contribution in [0.2, 0.25) is 5.15 Å². The number of nitrogens with zero attached hydrogens (tertiary/aromatic N) is 4. The molecule has 0 aliphatic heterocycles. The van der Waals surface area contributed by atoms with Crippen LogP contribution in [0.25, 0.3) is 11.4 Å². The van der Waals surface area contributed by atoms with Crippen molar-refractivity contribution in [2.45, 2.75) is 13.8 Å². The molecule has 2 N–H and O–H groups in total. The molecule has 0 amide bonds. The lowest BCUT2D eigenvalue weighted by atomic mass is 10.2. The maximum absolute atomic E-state index is 5.92. The molecule has 0 aliphatic carbocycles. The Balaban J connectivity index is 2.10. The van der Waals surface area contributed by atoms with Crippen molar-refractivity contribution in [2.75, 3.05) is 0 Å². The van der Waals surface area contributed by atoms with Gasteiger partial charge in [-0.15, -0.1) is 0 Å². The standard InChI is InChI=1S/C19H16ClN5/c1-12-4-6-16(11-23-12)25-14(3)17(24-19(25)13(2)21)7-5-15-8-9-22-18(20)10-15/h4,6,8-11H,2,21H2,1,3H3. The van der Waals surface area contributed by atoms with Gasteiger partial charge in [0.05, 0.1) is 23.3 Å². The average Bonchev–Trinajstić information content (AvgIpc) is 2.91. The highest BCUT2D eigenvalue weighted by Gasteiger charge is 2.15. The quantitative estimate of drug-likeness (QED) is 0.569. The Morgan fingerprint density at radius 1 is 1.20 bits per heavy atom. The van der Waals surface area contributed by atoms with Crippen molar-refractivity contribution < 1.29 is 0 Å². The van der Waals surface area contributed by atoms with Crippen LogP contribution in [-0.2, 0) is 0 Å². The van der Waals surface area contributed by atoms with Crippen LogP contribution in [-0.4, -0.2) is 19.5 Å². The first kappa shape index (κ1) is 16.7. The third-order valence-corrected chi connectivity index (χ3v) is 3.81. The van der Waals surface area contributed by atoms with E-state index >= 15 is 0 Å². The Kier molecular flexibility index (Phi) is 4.55. The molecule has 3 heterocycles. The summed E-state index contributed by atoms with van der Waals surface area (Å²) in [6.07, 6.45) is 3.39. The summed E-state index contributed by atoms with van der Waals surface area (Å²) in [5.74, 6) is 6.67. The van der Waals surface area contributed by atoms with Gasteiger partial charge < -0.3 is 5.73 Å². The normalized spacial score (nSPS) is 10.2. The molecule has 0 radical (unpaired) electrons. The lowest BCUT2D eigenvalue weighted by molar-refractivity contribution is 0.959. The van der Waals surface area contributed by atoms with Gasteiger partial charge in [-0.05, 0) is 44.0 Å². The molecule has 124 valence electrons. The number of aryl methyl sites for hydroxylation is 1. The molecule has 0 spiro atoms. The highest BCUT2D eigenvalue weighted by molar-refractivity contribution is 6.29. The Labute approximate surface area is 151 Å². The Hall–Kier alpha value is -3.10. The van der Waals surface area contributed by atoms with Gasteiger partial charge >= 0.3 is 0 Å². The van der Waals surface area contributed by atoms with Crippen LogP contribution in [0, 0.1) is 25.7 Å². The molecule has 6 heteroatoms. The fourth-order valence-electron chi connectivity index (χ4n) is 2.36. The number of hydrogen-bond acceptors (Lipinski definition) is 4. The maximum atomic E-state index is 5.92. The molecule has 3 rings (SSSR count). The van der Waals surface area contributed by atoms with Gasteiger partial charge in [-0.1, -0.05) is 24.1 Å². The Morgan fingerprint density at radius 3 is 2.64 bits per heavy atom. The molecule has 0 saturated heterocycles. The van der Waals surface area contributed by atoms with Crippen molar-refractivity contribution in [3.63, 3.8) is 0 Å². The minimum absolute atomic E-state index is 0.365. The molecule has 0 aromatic carbocycles. The monoisotopic (exact) mass is 349 g/mol. The zero-order chi connectivity index (χ0) is 18.0. The summed E-state index contributed by atoms with van der Waals surface area (Å²) in [7, 11) is 0. The lowest BCUT2D eigenvalue weighted by Gasteiger charge is -2.09. The number of nitrogens with two attached hydrogens (primary N) is 1. The van der Waals surface area contributed by atoms with Crippen LogP contribution in [0.5, 0.6) is 0 Å². The maximum Gasteiger partial charge on any atom is 0.161 e. The topological polar surface area (TPSA) is 69.6 Å². The zero-order valence-electron chi connectivity index (χ0n) is 13.9. The third-order valence-electron chi connectivity index (χ3n) is 3.60.